The largest absolute Gasteiger partial charge is 0.449 e. The number of esters is 1. The molecule has 2 rings (SSSR count). The molecular weight excluding hydrogens is 338 g/mol. The third-order valence-corrected chi connectivity index (χ3v) is 4.11. The summed E-state index contributed by atoms with van der Waals surface area (Å²) < 4.78 is 4.67. The van der Waals surface area contributed by atoms with Crippen molar-refractivity contribution in [3.8, 4) is 0 Å². The van der Waals surface area contributed by atoms with Crippen LogP contribution >= 0.6 is 11.6 Å². The van der Waals surface area contributed by atoms with Crippen molar-refractivity contribution in [1.29, 1.82) is 0 Å². The Balaban J connectivity index is 2.12. The number of benzene rings is 2. The molecule has 0 spiro atoms. The summed E-state index contributed by atoms with van der Waals surface area (Å²) in [5, 5.41) is 0. The Labute approximate surface area is 153 Å². The molecule has 5 heteroatoms. The Morgan fingerprint density at radius 1 is 0.960 bits per heavy atom. The molecule has 0 saturated carbocycles. The lowest BCUT2D eigenvalue weighted by Crippen LogP contribution is -2.39. The van der Waals surface area contributed by atoms with Crippen LogP contribution in [0.1, 0.15) is 24.5 Å². The quantitative estimate of drug-likeness (QED) is 0.388. The van der Waals surface area contributed by atoms with Crippen molar-refractivity contribution in [3.05, 3.63) is 71.8 Å². The second-order valence-corrected chi connectivity index (χ2v) is 6.04. The first-order valence-electron chi connectivity index (χ1n) is 8.16. The molecule has 0 bridgehead atoms. The molecule has 4 nitrogen and oxygen atoms in total. The van der Waals surface area contributed by atoms with Gasteiger partial charge in [0.25, 0.3) is 0 Å². The van der Waals surface area contributed by atoms with Crippen molar-refractivity contribution in [2.24, 2.45) is 0 Å². The normalized spacial score (nSPS) is 12.0. The van der Waals surface area contributed by atoms with Crippen molar-refractivity contribution in [1.82, 2.24) is 4.90 Å². The molecule has 0 aromatic heterocycles. The highest BCUT2D eigenvalue weighted by molar-refractivity contribution is 6.17. The first-order valence-corrected chi connectivity index (χ1v) is 8.70. The standard InChI is InChI=1S/C20H22ClNO3/c1-16(19(23)12-20(24)25-15-21)22(13-17-8-4-2-5-9-17)14-18-10-6-3-7-11-18/h2-11,16H,12-15H2,1H3. The van der Waals surface area contributed by atoms with Crippen LogP contribution in [0.25, 0.3) is 0 Å². The molecule has 0 aliphatic heterocycles. The lowest BCUT2D eigenvalue weighted by Gasteiger charge is -2.28. The van der Waals surface area contributed by atoms with E-state index >= 15 is 0 Å². The van der Waals surface area contributed by atoms with Gasteiger partial charge in [0.2, 0.25) is 0 Å². The Kier molecular flexibility index (Phi) is 7.64. The van der Waals surface area contributed by atoms with Crippen LogP contribution in [0.2, 0.25) is 0 Å². The van der Waals surface area contributed by atoms with E-state index in [1.165, 1.54) is 0 Å². The fourth-order valence-corrected chi connectivity index (χ4v) is 2.69. The number of carbonyl (C=O) groups is 2. The molecule has 2 aromatic carbocycles. The molecule has 0 radical (unpaired) electrons. The number of halogens is 1. The Bertz CT molecular complexity index is 634. The van der Waals surface area contributed by atoms with Crippen LogP contribution in [-0.2, 0) is 27.4 Å². The van der Waals surface area contributed by atoms with Gasteiger partial charge < -0.3 is 4.74 Å². The Hall–Kier alpha value is -2.17. The monoisotopic (exact) mass is 359 g/mol. The van der Waals surface area contributed by atoms with E-state index < -0.39 is 12.0 Å². The highest BCUT2D eigenvalue weighted by atomic mass is 35.5. The lowest BCUT2D eigenvalue weighted by atomic mass is 10.1. The van der Waals surface area contributed by atoms with Crippen LogP contribution < -0.4 is 0 Å². The molecule has 2 aromatic rings. The molecule has 0 fully saturated rings. The fourth-order valence-electron chi connectivity index (χ4n) is 2.57. The van der Waals surface area contributed by atoms with E-state index in [0.717, 1.165) is 11.1 Å². The molecule has 1 atom stereocenters. The predicted molar refractivity (Wildman–Crippen MR) is 98.0 cm³/mol. The zero-order valence-corrected chi connectivity index (χ0v) is 15.0. The summed E-state index contributed by atoms with van der Waals surface area (Å²) in [6.07, 6.45) is -0.270. The van der Waals surface area contributed by atoms with E-state index in [-0.39, 0.29) is 18.3 Å². The molecule has 132 valence electrons. The van der Waals surface area contributed by atoms with Gasteiger partial charge in [-0.3, -0.25) is 14.5 Å². The molecule has 0 amide bonds. The molecule has 0 aliphatic carbocycles. The average molecular weight is 360 g/mol. The van der Waals surface area contributed by atoms with Gasteiger partial charge in [-0.15, -0.1) is 0 Å². The van der Waals surface area contributed by atoms with Crippen LogP contribution in [0.3, 0.4) is 0 Å². The summed E-state index contributed by atoms with van der Waals surface area (Å²) in [6.45, 7) is 3.06. The molecule has 0 N–H and O–H groups in total. The van der Waals surface area contributed by atoms with Crippen molar-refractivity contribution < 1.29 is 14.3 Å². The summed E-state index contributed by atoms with van der Waals surface area (Å²) >= 11 is 5.37. The topological polar surface area (TPSA) is 46.6 Å². The molecule has 0 heterocycles. The second kappa shape index (κ2) is 9.97. The van der Waals surface area contributed by atoms with Gasteiger partial charge in [0, 0.05) is 13.1 Å². The highest BCUT2D eigenvalue weighted by Gasteiger charge is 2.24. The number of nitrogens with zero attached hydrogens (tertiary/aromatic N) is 1. The second-order valence-electron chi connectivity index (χ2n) is 5.82. The number of rotatable bonds is 9. The van der Waals surface area contributed by atoms with Crippen LogP contribution in [0.4, 0.5) is 0 Å². The third-order valence-electron chi connectivity index (χ3n) is 4.00. The van der Waals surface area contributed by atoms with Crippen molar-refractivity contribution >= 4 is 23.4 Å². The minimum atomic E-state index is -0.591. The Morgan fingerprint density at radius 3 is 1.88 bits per heavy atom. The van der Waals surface area contributed by atoms with Crippen molar-refractivity contribution in [2.45, 2.75) is 32.5 Å². The van der Waals surface area contributed by atoms with E-state index in [9.17, 15) is 9.59 Å². The number of Topliss-reactive ketones (excluding diaryl/α,β-unsaturated/α-hetero) is 1. The molecule has 0 saturated heterocycles. The van der Waals surface area contributed by atoms with Gasteiger partial charge in [0.15, 0.2) is 11.8 Å². The first kappa shape index (κ1) is 19.2. The first-order chi connectivity index (χ1) is 12.1. The minimum absolute atomic E-state index is 0.179. The SMILES string of the molecule is CC(C(=O)CC(=O)OCCl)N(Cc1ccccc1)Cc1ccccc1. The van der Waals surface area contributed by atoms with Gasteiger partial charge >= 0.3 is 5.97 Å². The molecule has 25 heavy (non-hydrogen) atoms. The van der Waals surface area contributed by atoms with Gasteiger partial charge in [-0.25, -0.2) is 0 Å². The van der Waals surface area contributed by atoms with Crippen LogP contribution in [0.15, 0.2) is 60.7 Å². The number of hydrogen-bond donors (Lipinski definition) is 0. The number of alkyl halides is 1. The number of ketones is 1. The third kappa shape index (κ3) is 6.33. The number of hydrogen-bond acceptors (Lipinski definition) is 4. The van der Waals surface area contributed by atoms with Crippen LogP contribution in [0.5, 0.6) is 0 Å². The van der Waals surface area contributed by atoms with Gasteiger partial charge in [0.05, 0.1) is 6.04 Å². The van der Waals surface area contributed by atoms with E-state index in [2.05, 4.69) is 9.64 Å². The van der Waals surface area contributed by atoms with E-state index in [0.29, 0.717) is 13.1 Å². The molecular formula is C20H22ClNO3. The van der Waals surface area contributed by atoms with Gasteiger partial charge in [0.1, 0.15) is 6.42 Å². The Morgan fingerprint density at radius 2 is 1.44 bits per heavy atom. The fraction of sp³-hybridized carbons (Fsp3) is 0.300. The maximum Gasteiger partial charge on any atom is 0.314 e. The predicted octanol–water partition coefficient (Wildman–Crippen LogP) is 3.78. The summed E-state index contributed by atoms with van der Waals surface area (Å²) in [5.74, 6) is -0.770. The van der Waals surface area contributed by atoms with Crippen molar-refractivity contribution in [2.75, 3.05) is 6.07 Å². The minimum Gasteiger partial charge on any atom is -0.449 e. The average Bonchev–Trinajstić information content (AvgIpc) is 2.62. The van der Waals surface area contributed by atoms with E-state index in [4.69, 9.17) is 11.6 Å². The smallest absolute Gasteiger partial charge is 0.314 e. The number of ether oxygens (including phenoxy) is 1. The highest BCUT2D eigenvalue weighted by Crippen LogP contribution is 2.15. The van der Waals surface area contributed by atoms with E-state index in [1.807, 2.05) is 67.6 Å². The molecule has 0 aliphatic rings. The van der Waals surface area contributed by atoms with Crippen LogP contribution in [-0.4, -0.2) is 28.8 Å². The maximum atomic E-state index is 12.5. The maximum absolute atomic E-state index is 12.5. The van der Waals surface area contributed by atoms with Gasteiger partial charge in [-0.2, -0.15) is 0 Å². The van der Waals surface area contributed by atoms with Gasteiger partial charge in [-0.05, 0) is 18.1 Å². The zero-order chi connectivity index (χ0) is 18.1. The lowest BCUT2D eigenvalue weighted by molar-refractivity contribution is -0.145. The van der Waals surface area contributed by atoms with Crippen molar-refractivity contribution in [3.63, 3.8) is 0 Å². The van der Waals surface area contributed by atoms with E-state index in [1.54, 1.807) is 0 Å². The zero-order valence-electron chi connectivity index (χ0n) is 14.2. The number of carbonyl (C=O) groups excluding carboxylic acids is 2. The summed E-state index contributed by atoms with van der Waals surface area (Å²) in [5.41, 5.74) is 2.22. The van der Waals surface area contributed by atoms with Crippen LogP contribution in [0, 0.1) is 0 Å². The summed E-state index contributed by atoms with van der Waals surface area (Å²) in [4.78, 5) is 26.1. The van der Waals surface area contributed by atoms with Gasteiger partial charge in [-0.1, -0.05) is 72.3 Å². The summed E-state index contributed by atoms with van der Waals surface area (Å²) in [7, 11) is 0. The molecule has 1 unspecified atom stereocenters. The summed E-state index contributed by atoms with van der Waals surface area (Å²) in [6, 6.07) is 19.3.